The van der Waals surface area contributed by atoms with E-state index < -0.39 is 0 Å². The molecule has 4 heterocycles. The summed E-state index contributed by atoms with van der Waals surface area (Å²) in [5.41, 5.74) is 1.30. The first-order chi connectivity index (χ1) is 10.9. The van der Waals surface area contributed by atoms with Crippen LogP contribution in [0.3, 0.4) is 0 Å². The summed E-state index contributed by atoms with van der Waals surface area (Å²) in [5, 5.41) is 4.54. The summed E-state index contributed by atoms with van der Waals surface area (Å²) in [4.78, 5) is 16.2. The SMILES string of the molecule is Cc1ccc2sc(C(=O)N[C@@H]3C4CCN(CC4)C3(C)C)cc2c1. The summed E-state index contributed by atoms with van der Waals surface area (Å²) in [6.45, 7) is 8.99. The topological polar surface area (TPSA) is 32.3 Å². The van der Waals surface area contributed by atoms with Crippen molar-refractivity contribution in [3.63, 3.8) is 0 Å². The summed E-state index contributed by atoms with van der Waals surface area (Å²) in [6, 6.07) is 8.67. The molecule has 1 N–H and O–H groups in total. The maximum Gasteiger partial charge on any atom is 0.261 e. The number of nitrogens with one attached hydrogen (secondary N) is 1. The van der Waals surface area contributed by atoms with Gasteiger partial charge in [0.05, 0.1) is 4.88 Å². The van der Waals surface area contributed by atoms with Crippen LogP contribution in [-0.4, -0.2) is 35.5 Å². The fourth-order valence-electron chi connectivity index (χ4n) is 4.36. The van der Waals surface area contributed by atoms with Crippen LogP contribution < -0.4 is 5.32 Å². The van der Waals surface area contributed by atoms with Crippen molar-refractivity contribution in [2.45, 2.75) is 45.2 Å². The minimum Gasteiger partial charge on any atom is -0.346 e. The van der Waals surface area contributed by atoms with E-state index >= 15 is 0 Å². The van der Waals surface area contributed by atoms with E-state index in [9.17, 15) is 4.79 Å². The first-order valence-corrected chi connectivity index (χ1v) is 9.33. The van der Waals surface area contributed by atoms with E-state index in [0.717, 1.165) is 4.88 Å². The third-order valence-corrected chi connectivity index (χ3v) is 6.88. The van der Waals surface area contributed by atoms with Crippen molar-refractivity contribution >= 4 is 27.3 Å². The molecule has 1 aromatic heterocycles. The predicted octanol–water partition coefficient (Wildman–Crippen LogP) is 3.81. The fraction of sp³-hybridized carbons (Fsp3) is 0.526. The van der Waals surface area contributed by atoms with E-state index in [-0.39, 0.29) is 17.5 Å². The van der Waals surface area contributed by atoms with Gasteiger partial charge in [-0.3, -0.25) is 9.69 Å². The molecule has 3 nitrogen and oxygen atoms in total. The second-order valence-electron chi connectivity index (χ2n) is 7.58. The smallest absolute Gasteiger partial charge is 0.261 e. The number of rotatable bonds is 2. The lowest BCUT2D eigenvalue weighted by Gasteiger charge is -2.56. The standard InChI is InChI=1S/C19H24N2OS/c1-12-4-5-15-14(10-12)11-16(23-15)18(22)20-17-13-6-8-21(9-7-13)19(17,2)3/h4-5,10-11,13,17H,6-9H2,1-3H3,(H,20,22)/t17-/m1/s1. The number of piperidine rings is 3. The molecule has 3 aliphatic heterocycles. The largest absolute Gasteiger partial charge is 0.346 e. The molecule has 0 unspecified atom stereocenters. The molecule has 3 aliphatic rings. The molecular weight excluding hydrogens is 304 g/mol. The molecule has 1 atom stereocenters. The molecular formula is C19H24N2OS. The van der Waals surface area contributed by atoms with Crippen LogP contribution in [-0.2, 0) is 0 Å². The van der Waals surface area contributed by atoms with Gasteiger partial charge in [-0.05, 0) is 70.1 Å². The zero-order chi connectivity index (χ0) is 16.2. The molecule has 0 aliphatic carbocycles. The quantitative estimate of drug-likeness (QED) is 0.909. The number of carbonyl (C=O) groups excluding carboxylic acids is 1. The highest BCUT2D eigenvalue weighted by Crippen LogP contribution is 2.39. The van der Waals surface area contributed by atoms with Crippen LogP contribution in [0.2, 0.25) is 0 Å². The predicted molar refractivity (Wildman–Crippen MR) is 96.2 cm³/mol. The van der Waals surface area contributed by atoms with E-state index in [1.165, 1.54) is 41.6 Å². The molecule has 2 aromatic rings. The first-order valence-electron chi connectivity index (χ1n) is 8.51. The van der Waals surface area contributed by atoms with E-state index in [2.05, 4.69) is 49.2 Å². The number of benzene rings is 1. The highest BCUT2D eigenvalue weighted by molar-refractivity contribution is 7.20. The minimum atomic E-state index is 0.0596. The van der Waals surface area contributed by atoms with Gasteiger partial charge in [-0.15, -0.1) is 11.3 Å². The summed E-state index contributed by atoms with van der Waals surface area (Å²) >= 11 is 1.60. The van der Waals surface area contributed by atoms with Crippen molar-refractivity contribution in [1.29, 1.82) is 0 Å². The molecule has 5 rings (SSSR count). The zero-order valence-corrected chi connectivity index (χ0v) is 14.9. The van der Waals surface area contributed by atoms with Crippen molar-refractivity contribution < 1.29 is 4.79 Å². The van der Waals surface area contributed by atoms with Crippen LogP contribution in [0.5, 0.6) is 0 Å². The second-order valence-corrected chi connectivity index (χ2v) is 8.66. The maximum atomic E-state index is 12.8. The lowest BCUT2D eigenvalue weighted by Crippen LogP contribution is -2.69. The molecule has 0 radical (unpaired) electrons. The third-order valence-electron chi connectivity index (χ3n) is 5.77. The molecule has 2 bridgehead atoms. The summed E-state index contributed by atoms with van der Waals surface area (Å²) in [7, 11) is 0. The summed E-state index contributed by atoms with van der Waals surface area (Å²) < 4.78 is 1.19. The van der Waals surface area contributed by atoms with Crippen molar-refractivity contribution in [2.24, 2.45) is 5.92 Å². The van der Waals surface area contributed by atoms with Gasteiger partial charge in [-0.2, -0.15) is 0 Å². The van der Waals surface area contributed by atoms with E-state index in [0.29, 0.717) is 5.92 Å². The van der Waals surface area contributed by atoms with Crippen molar-refractivity contribution in [3.8, 4) is 0 Å². The number of amides is 1. The molecule has 0 spiro atoms. The van der Waals surface area contributed by atoms with Crippen LogP contribution in [0.15, 0.2) is 24.3 Å². The molecule has 3 saturated heterocycles. The molecule has 23 heavy (non-hydrogen) atoms. The van der Waals surface area contributed by atoms with Gasteiger partial charge in [0.1, 0.15) is 0 Å². The number of fused-ring (bicyclic) bond motifs is 4. The molecule has 0 saturated carbocycles. The average molecular weight is 328 g/mol. The third kappa shape index (κ3) is 2.48. The highest BCUT2D eigenvalue weighted by atomic mass is 32.1. The van der Waals surface area contributed by atoms with E-state index in [1.54, 1.807) is 11.3 Å². The molecule has 122 valence electrons. The van der Waals surface area contributed by atoms with Crippen LogP contribution >= 0.6 is 11.3 Å². The van der Waals surface area contributed by atoms with Gasteiger partial charge in [0.15, 0.2) is 0 Å². The zero-order valence-electron chi connectivity index (χ0n) is 14.1. The molecule has 3 fully saturated rings. The van der Waals surface area contributed by atoms with Gasteiger partial charge in [0.25, 0.3) is 5.91 Å². The summed E-state index contributed by atoms with van der Waals surface area (Å²) in [5.74, 6) is 0.714. The Bertz CT molecular complexity index is 756. The normalized spacial score (nSPS) is 28.9. The highest BCUT2D eigenvalue weighted by Gasteiger charge is 2.48. The molecule has 1 amide bonds. The number of nitrogens with zero attached hydrogens (tertiary/aromatic N) is 1. The van der Waals surface area contributed by atoms with Gasteiger partial charge in [0.2, 0.25) is 0 Å². The number of aryl methyl sites for hydroxylation is 1. The lowest BCUT2D eigenvalue weighted by atomic mass is 9.72. The van der Waals surface area contributed by atoms with Gasteiger partial charge in [0, 0.05) is 16.3 Å². The van der Waals surface area contributed by atoms with Crippen LogP contribution in [0.25, 0.3) is 10.1 Å². The number of hydrogen-bond donors (Lipinski definition) is 1. The van der Waals surface area contributed by atoms with Crippen LogP contribution in [0.1, 0.15) is 41.9 Å². The monoisotopic (exact) mass is 328 g/mol. The molecule has 4 heteroatoms. The van der Waals surface area contributed by atoms with E-state index in [1.807, 2.05) is 6.07 Å². The Labute approximate surface area is 141 Å². The Balaban J connectivity index is 1.59. The van der Waals surface area contributed by atoms with Crippen LogP contribution in [0.4, 0.5) is 0 Å². The summed E-state index contributed by atoms with van der Waals surface area (Å²) in [6.07, 6.45) is 2.42. The second kappa shape index (κ2) is 5.32. The molecule has 1 aromatic carbocycles. The van der Waals surface area contributed by atoms with Crippen molar-refractivity contribution in [3.05, 3.63) is 34.7 Å². The first kappa shape index (κ1) is 15.2. The number of hydrogen-bond acceptors (Lipinski definition) is 3. The minimum absolute atomic E-state index is 0.0596. The Morgan fingerprint density at radius 1 is 1.26 bits per heavy atom. The number of thiophene rings is 1. The Hall–Kier alpha value is -1.39. The van der Waals surface area contributed by atoms with Gasteiger partial charge in [-0.25, -0.2) is 0 Å². The average Bonchev–Trinajstić information content (AvgIpc) is 2.94. The number of carbonyl (C=O) groups is 1. The Kier molecular flexibility index (Phi) is 3.50. The van der Waals surface area contributed by atoms with Crippen LogP contribution in [0, 0.1) is 12.8 Å². The van der Waals surface area contributed by atoms with Gasteiger partial charge >= 0.3 is 0 Å². The van der Waals surface area contributed by atoms with E-state index in [4.69, 9.17) is 0 Å². The van der Waals surface area contributed by atoms with Crippen molar-refractivity contribution in [2.75, 3.05) is 13.1 Å². The van der Waals surface area contributed by atoms with Gasteiger partial charge < -0.3 is 5.32 Å². The van der Waals surface area contributed by atoms with Gasteiger partial charge in [-0.1, -0.05) is 17.7 Å². The Morgan fingerprint density at radius 2 is 2.00 bits per heavy atom. The Morgan fingerprint density at radius 3 is 2.70 bits per heavy atom. The lowest BCUT2D eigenvalue weighted by molar-refractivity contribution is -0.0377. The maximum absolute atomic E-state index is 12.8. The van der Waals surface area contributed by atoms with Crippen molar-refractivity contribution in [1.82, 2.24) is 10.2 Å². The fourth-order valence-corrected chi connectivity index (χ4v) is 5.31.